The first-order chi connectivity index (χ1) is 8.61. The minimum Gasteiger partial charge on any atom is -0.481 e. The third kappa shape index (κ3) is 2.53. The molecule has 1 atom stereocenters. The lowest BCUT2D eigenvalue weighted by atomic mass is 10.2. The Balaban J connectivity index is 2.09. The number of carboxylic acid groups (broad SMARTS) is 1. The van der Waals surface area contributed by atoms with Crippen LogP contribution in [0.4, 0.5) is 0 Å². The fourth-order valence-corrected chi connectivity index (χ4v) is 2.08. The lowest BCUT2D eigenvalue weighted by Crippen LogP contribution is -2.30. The number of hydrogen-bond donors (Lipinski definition) is 1. The number of aliphatic carboxylic acids is 1. The highest BCUT2D eigenvalue weighted by molar-refractivity contribution is 5.96. The monoisotopic (exact) mass is 253 g/mol. The molecule has 1 aliphatic heterocycles. The van der Waals surface area contributed by atoms with Crippen molar-refractivity contribution in [1.82, 2.24) is 4.90 Å². The molecule has 1 aromatic rings. The molecule has 1 unspecified atom stereocenters. The molecule has 2 heterocycles. The Morgan fingerprint density at radius 3 is 3.00 bits per heavy atom. The number of methoxy groups -OCH3 is 1. The number of likely N-dealkylation sites (tertiary alicyclic amines) is 1. The maximum Gasteiger partial charge on any atom is 0.311 e. The van der Waals surface area contributed by atoms with E-state index < -0.39 is 5.97 Å². The fourth-order valence-electron chi connectivity index (χ4n) is 2.08. The van der Waals surface area contributed by atoms with Crippen molar-refractivity contribution in [3.05, 3.63) is 23.7 Å². The first-order valence-corrected chi connectivity index (χ1v) is 5.72. The predicted molar refractivity (Wildman–Crippen MR) is 61.4 cm³/mol. The largest absolute Gasteiger partial charge is 0.481 e. The topological polar surface area (TPSA) is 80.0 Å². The van der Waals surface area contributed by atoms with E-state index in [-0.39, 0.29) is 24.2 Å². The van der Waals surface area contributed by atoms with Crippen molar-refractivity contribution in [2.45, 2.75) is 18.9 Å². The first-order valence-electron chi connectivity index (χ1n) is 5.72. The normalized spacial score (nSPS) is 19.2. The van der Waals surface area contributed by atoms with Crippen LogP contribution in [0.3, 0.4) is 0 Å². The summed E-state index contributed by atoms with van der Waals surface area (Å²) >= 11 is 0. The Morgan fingerprint density at radius 1 is 1.61 bits per heavy atom. The summed E-state index contributed by atoms with van der Waals surface area (Å²) < 4.78 is 10.2. The standard InChI is InChI=1S/C12H15NO5/c1-17-8-2-4-13(7-8)12(16)9-3-5-18-10(9)6-11(14)15/h3,5,8H,2,4,6-7H2,1H3,(H,14,15). The molecule has 18 heavy (non-hydrogen) atoms. The Labute approximate surface area is 104 Å². The van der Waals surface area contributed by atoms with Gasteiger partial charge in [0, 0.05) is 20.2 Å². The Bertz CT molecular complexity index is 453. The quantitative estimate of drug-likeness (QED) is 0.857. The van der Waals surface area contributed by atoms with E-state index >= 15 is 0 Å². The molecule has 0 bridgehead atoms. The van der Waals surface area contributed by atoms with E-state index in [1.807, 2.05) is 0 Å². The number of carbonyl (C=O) groups is 2. The number of nitrogens with zero attached hydrogens (tertiary/aromatic N) is 1. The van der Waals surface area contributed by atoms with Crippen LogP contribution in [0.1, 0.15) is 22.5 Å². The van der Waals surface area contributed by atoms with E-state index in [9.17, 15) is 9.59 Å². The summed E-state index contributed by atoms with van der Waals surface area (Å²) in [5, 5.41) is 8.73. The molecule has 1 saturated heterocycles. The van der Waals surface area contributed by atoms with Gasteiger partial charge in [0.15, 0.2) is 0 Å². The molecule has 0 aromatic carbocycles. The van der Waals surface area contributed by atoms with Crippen LogP contribution in [0.25, 0.3) is 0 Å². The van der Waals surface area contributed by atoms with Gasteiger partial charge in [-0.2, -0.15) is 0 Å². The van der Waals surface area contributed by atoms with Gasteiger partial charge in [0.25, 0.3) is 5.91 Å². The highest BCUT2D eigenvalue weighted by atomic mass is 16.5. The van der Waals surface area contributed by atoms with Crippen molar-refractivity contribution in [3.8, 4) is 0 Å². The van der Waals surface area contributed by atoms with Gasteiger partial charge in [-0.15, -0.1) is 0 Å². The zero-order valence-corrected chi connectivity index (χ0v) is 10.1. The van der Waals surface area contributed by atoms with Crippen LogP contribution < -0.4 is 0 Å². The summed E-state index contributed by atoms with van der Waals surface area (Å²) in [6.45, 7) is 1.15. The highest BCUT2D eigenvalue weighted by Crippen LogP contribution is 2.19. The van der Waals surface area contributed by atoms with Crippen molar-refractivity contribution in [3.63, 3.8) is 0 Å². The molecule has 1 fully saturated rings. The van der Waals surface area contributed by atoms with Crippen molar-refractivity contribution >= 4 is 11.9 Å². The van der Waals surface area contributed by atoms with E-state index in [1.54, 1.807) is 12.0 Å². The van der Waals surface area contributed by atoms with Gasteiger partial charge in [-0.25, -0.2) is 0 Å². The molecule has 6 heteroatoms. The molecular formula is C12H15NO5. The smallest absolute Gasteiger partial charge is 0.311 e. The van der Waals surface area contributed by atoms with E-state index in [0.29, 0.717) is 18.7 Å². The lowest BCUT2D eigenvalue weighted by molar-refractivity contribution is -0.136. The third-order valence-corrected chi connectivity index (χ3v) is 3.05. The molecule has 0 spiro atoms. The van der Waals surface area contributed by atoms with Crippen molar-refractivity contribution in [2.24, 2.45) is 0 Å². The molecule has 0 radical (unpaired) electrons. The number of carbonyl (C=O) groups excluding carboxylic acids is 1. The zero-order valence-electron chi connectivity index (χ0n) is 10.1. The Kier molecular flexibility index (Phi) is 3.66. The summed E-state index contributed by atoms with van der Waals surface area (Å²) in [5.74, 6) is -1.01. The molecular weight excluding hydrogens is 238 g/mol. The highest BCUT2D eigenvalue weighted by Gasteiger charge is 2.29. The van der Waals surface area contributed by atoms with Crippen LogP contribution in [-0.2, 0) is 16.0 Å². The van der Waals surface area contributed by atoms with Gasteiger partial charge in [0.2, 0.25) is 0 Å². The minimum absolute atomic E-state index is 0.0591. The van der Waals surface area contributed by atoms with Crippen LogP contribution in [0.5, 0.6) is 0 Å². The lowest BCUT2D eigenvalue weighted by Gasteiger charge is -2.15. The van der Waals surface area contributed by atoms with E-state index in [0.717, 1.165) is 6.42 Å². The number of carboxylic acids is 1. The number of furan rings is 1. The molecule has 6 nitrogen and oxygen atoms in total. The molecule has 2 rings (SSSR count). The van der Waals surface area contributed by atoms with Crippen LogP contribution in [-0.4, -0.2) is 48.2 Å². The average molecular weight is 253 g/mol. The summed E-state index contributed by atoms with van der Waals surface area (Å²) in [6, 6.07) is 1.51. The Hall–Kier alpha value is -1.82. The molecule has 1 aromatic heterocycles. The number of hydrogen-bond acceptors (Lipinski definition) is 4. The molecule has 1 amide bonds. The fraction of sp³-hybridized carbons (Fsp3) is 0.500. The predicted octanol–water partition coefficient (Wildman–Crippen LogP) is 0.768. The second kappa shape index (κ2) is 5.22. The third-order valence-electron chi connectivity index (χ3n) is 3.05. The van der Waals surface area contributed by atoms with Crippen LogP contribution in [0.15, 0.2) is 16.7 Å². The summed E-state index contributed by atoms with van der Waals surface area (Å²) in [7, 11) is 1.62. The first kappa shape index (κ1) is 12.6. The van der Waals surface area contributed by atoms with E-state index in [1.165, 1.54) is 12.3 Å². The molecule has 98 valence electrons. The average Bonchev–Trinajstić information content (AvgIpc) is 2.95. The molecule has 0 aliphatic carbocycles. The van der Waals surface area contributed by atoms with Gasteiger partial charge in [-0.1, -0.05) is 0 Å². The van der Waals surface area contributed by atoms with Crippen molar-refractivity contribution in [2.75, 3.05) is 20.2 Å². The van der Waals surface area contributed by atoms with Gasteiger partial charge in [-0.3, -0.25) is 9.59 Å². The van der Waals surface area contributed by atoms with Gasteiger partial charge in [-0.05, 0) is 12.5 Å². The maximum atomic E-state index is 12.2. The van der Waals surface area contributed by atoms with Crippen LogP contribution in [0, 0.1) is 0 Å². The summed E-state index contributed by atoms with van der Waals surface area (Å²) in [6.07, 6.45) is 1.92. The zero-order chi connectivity index (χ0) is 13.1. The second-order valence-corrected chi connectivity index (χ2v) is 4.23. The van der Waals surface area contributed by atoms with E-state index in [4.69, 9.17) is 14.3 Å². The molecule has 0 saturated carbocycles. The van der Waals surface area contributed by atoms with Crippen molar-refractivity contribution in [1.29, 1.82) is 0 Å². The number of ether oxygens (including phenoxy) is 1. The summed E-state index contributed by atoms with van der Waals surface area (Å²) in [5.41, 5.74) is 0.328. The SMILES string of the molecule is COC1CCN(C(=O)c2ccoc2CC(=O)O)C1. The van der Waals surface area contributed by atoms with Gasteiger partial charge >= 0.3 is 5.97 Å². The van der Waals surface area contributed by atoms with Crippen LogP contribution >= 0.6 is 0 Å². The van der Waals surface area contributed by atoms with Crippen LogP contribution in [0.2, 0.25) is 0 Å². The number of rotatable bonds is 4. The summed E-state index contributed by atoms with van der Waals surface area (Å²) in [4.78, 5) is 24.5. The Morgan fingerprint density at radius 2 is 2.39 bits per heavy atom. The second-order valence-electron chi connectivity index (χ2n) is 4.23. The van der Waals surface area contributed by atoms with E-state index in [2.05, 4.69) is 0 Å². The number of amides is 1. The van der Waals surface area contributed by atoms with Gasteiger partial charge in [0.1, 0.15) is 12.2 Å². The van der Waals surface area contributed by atoms with Gasteiger partial charge < -0.3 is 19.2 Å². The minimum atomic E-state index is -1.02. The van der Waals surface area contributed by atoms with Crippen molar-refractivity contribution < 1.29 is 23.8 Å². The van der Waals surface area contributed by atoms with Gasteiger partial charge in [0.05, 0.1) is 17.9 Å². The maximum absolute atomic E-state index is 12.2. The molecule has 1 N–H and O–H groups in total. The molecule has 1 aliphatic rings.